The molecule has 1 rings (SSSR count). The molecule has 2 amide bonds. The second-order valence-electron chi connectivity index (χ2n) is 5.06. The SMILES string of the molecule is CC(CC#N)N(C)C(=O)NC1COCC1(C)C(=O)O. The maximum atomic E-state index is 12.0. The van der Waals surface area contributed by atoms with Crippen LogP contribution in [0.15, 0.2) is 0 Å². The van der Waals surface area contributed by atoms with Crippen LogP contribution < -0.4 is 5.32 Å². The third-order valence-electron chi connectivity index (χ3n) is 3.61. The van der Waals surface area contributed by atoms with Crippen LogP contribution in [-0.4, -0.2) is 54.4 Å². The number of nitriles is 1. The largest absolute Gasteiger partial charge is 0.481 e. The summed E-state index contributed by atoms with van der Waals surface area (Å²) in [5.41, 5.74) is -1.12. The molecule has 7 heteroatoms. The van der Waals surface area contributed by atoms with E-state index in [0.717, 1.165) is 0 Å². The van der Waals surface area contributed by atoms with Crippen molar-refractivity contribution in [1.29, 1.82) is 5.26 Å². The number of aliphatic carboxylic acids is 1. The number of hydrogen-bond donors (Lipinski definition) is 2. The summed E-state index contributed by atoms with van der Waals surface area (Å²) in [6.45, 7) is 3.55. The molecule has 0 spiro atoms. The van der Waals surface area contributed by atoms with E-state index >= 15 is 0 Å². The summed E-state index contributed by atoms with van der Waals surface area (Å²) < 4.78 is 5.16. The highest BCUT2D eigenvalue weighted by molar-refractivity contribution is 5.79. The molecule has 0 saturated carbocycles. The van der Waals surface area contributed by atoms with Crippen molar-refractivity contribution in [2.45, 2.75) is 32.4 Å². The summed E-state index contributed by atoms with van der Waals surface area (Å²) in [5, 5.41) is 20.5. The molecule has 1 heterocycles. The molecule has 2 N–H and O–H groups in total. The maximum absolute atomic E-state index is 12.0. The van der Waals surface area contributed by atoms with Gasteiger partial charge in [-0.15, -0.1) is 0 Å². The van der Waals surface area contributed by atoms with Gasteiger partial charge in [0.15, 0.2) is 0 Å². The van der Waals surface area contributed by atoms with E-state index in [1.165, 1.54) is 4.90 Å². The first-order valence-electron chi connectivity index (χ1n) is 6.04. The Labute approximate surface area is 112 Å². The number of amides is 2. The average molecular weight is 269 g/mol. The van der Waals surface area contributed by atoms with E-state index in [4.69, 9.17) is 10.00 Å². The monoisotopic (exact) mass is 269 g/mol. The number of nitrogens with one attached hydrogen (secondary N) is 1. The number of carbonyl (C=O) groups excluding carboxylic acids is 1. The molecule has 7 nitrogen and oxygen atoms in total. The van der Waals surface area contributed by atoms with Gasteiger partial charge < -0.3 is 20.1 Å². The molecule has 0 aromatic carbocycles. The van der Waals surface area contributed by atoms with Gasteiger partial charge in [0.1, 0.15) is 5.41 Å². The fraction of sp³-hybridized carbons (Fsp3) is 0.750. The molecular weight excluding hydrogens is 250 g/mol. The van der Waals surface area contributed by atoms with Crippen molar-refractivity contribution in [2.75, 3.05) is 20.3 Å². The Morgan fingerprint density at radius 1 is 1.68 bits per heavy atom. The van der Waals surface area contributed by atoms with Crippen LogP contribution in [0.2, 0.25) is 0 Å². The maximum Gasteiger partial charge on any atom is 0.317 e. The zero-order chi connectivity index (χ0) is 14.6. The minimum Gasteiger partial charge on any atom is -0.481 e. The number of carbonyl (C=O) groups is 2. The first kappa shape index (κ1) is 15.2. The predicted octanol–water partition coefficient (Wildman–Crippen LogP) is 0.420. The van der Waals surface area contributed by atoms with Gasteiger partial charge in [0.2, 0.25) is 0 Å². The lowest BCUT2D eigenvalue weighted by molar-refractivity contribution is -0.148. The number of urea groups is 1. The molecule has 106 valence electrons. The van der Waals surface area contributed by atoms with Gasteiger partial charge in [0.05, 0.1) is 31.7 Å². The molecule has 1 aliphatic rings. The zero-order valence-electron chi connectivity index (χ0n) is 11.3. The van der Waals surface area contributed by atoms with Crippen molar-refractivity contribution in [1.82, 2.24) is 10.2 Å². The van der Waals surface area contributed by atoms with Crippen LogP contribution in [0.1, 0.15) is 20.3 Å². The van der Waals surface area contributed by atoms with Gasteiger partial charge in [-0.25, -0.2) is 4.79 Å². The van der Waals surface area contributed by atoms with Gasteiger partial charge >= 0.3 is 12.0 Å². The lowest BCUT2D eigenvalue weighted by atomic mass is 9.85. The number of carboxylic acid groups (broad SMARTS) is 1. The second kappa shape index (κ2) is 5.89. The number of rotatable bonds is 4. The fourth-order valence-corrected chi connectivity index (χ4v) is 1.81. The van der Waals surface area contributed by atoms with Gasteiger partial charge in [-0.3, -0.25) is 4.79 Å². The molecule has 0 aliphatic carbocycles. The average Bonchev–Trinajstić information content (AvgIpc) is 2.71. The van der Waals surface area contributed by atoms with Crippen molar-refractivity contribution in [3.8, 4) is 6.07 Å². The molecule has 0 aromatic rings. The normalized spacial score (nSPS) is 27.4. The van der Waals surface area contributed by atoms with Gasteiger partial charge in [-0.2, -0.15) is 5.26 Å². The summed E-state index contributed by atoms with van der Waals surface area (Å²) in [7, 11) is 1.57. The minimum atomic E-state index is -1.12. The van der Waals surface area contributed by atoms with Gasteiger partial charge in [-0.1, -0.05) is 0 Å². The van der Waals surface area contributed by atoms with E-state index < -0.39 is 23.5 Å². The van der Waals surface area contributed by atoms with E-state index in [1.807, 2.05) is 6.07 Å². The van der Waals surface area contributed by atoms with Crippen LogP contribution in [0.4, 0.5) is 4.79 Å². The zero-order valence-corrected chi connectivity index (χ0v) is 11.3. The molecule has 19 heavy (non-hydrogen) atoms. The highest BCUT2D eigenvalue weighted by Crippen LogP contribution is 2.28. The lowest BCUT2D eigenvalue weighted by Gasteiger charge is -2.29. The quantitative estimate of drug-likeness (QED) is 0.770. The summed E-state index contributed by atoms with van der Waals surface area (Å²) in [6.07, 6.45) is 0.223. The second-order valence-corrected chi connectivity index (χ2v) is 5.06. The van der Waals surface area contributed by atoms with Gasteiger partial charge in [0.25, 0.3) is 0 Å². The molecular formula is C12H19N3O4. The Morgan fingerprint density at radius 2 is 2.32 bits per heavy atom. The van der Waals surface area contributed by atoms with Crippen molar-refractivity contribution in [3.63, 3.8) is 0 Å². The van der Waals surface area contributed by atoms with Crippen molar-refractivity contribution < 1.29 is 19.4 Å². The topological polar surface area (TPSA) is 103 Å². The Bertz CT molecular complexity index is 406. The van der Waals surface area contributed by atoms with Gasteiger partial charge in [0, 0.05) is 13.1 Å². The van der Waals surface area contributed by atoms with Crippen LogP contribution in [0.25, 0.3) is 0 Å². The first-order valence-corrected chi connectivity index (χ1v) is 6.04. The number of carboxylic acids is 1. The molecule has 3 unspecified atom stereocenters. The molecule has 0 radical (unpaired) electrons. The number of nitrogens with zero attached hydrogens (tertiary/aromatic N) is 2. The van der Waals surface area contributed by atoms with E-state index in [1.54, 1.807) is 20.9 Å². The minimum absolute atomic E-state index is 0.0742. The third-order valence-corrected chi connectivity index (χ3v) is 3.61. The van der Waals surface area contributed by atoms with Crippen molar-refractivity contribution in [2.24, 2.45) is 5.41 Å². The number of ether oxygens (including phenoxy) is 1. The molecule has 3 atom stereocenters. The standard InChI is InChI=1S/C12H19N3O4/c1-8(4-5-13)15(3)11(18)14-9-6-19-7-12(9,2)10(16)17/h8-9H,4,6-7H2,1-3H3,(H,14,18)(H,16,17). The van der Waals surface area contributed by atoms with E-state index in [-0.39, 0.29) is 25.7 Å². The van der Waals surface area contributed by atoms with Crippen LogP contribution in [-0.2, 0) is 9.53 Å². The number of hydrogen-bond acceptors (Lipinski definition) is 4. The highest BCUT2D eigenvalue weighted by atomic mass is 16.5. The fourth-order valence-electron chi connectivity index (χ4n) is 1.81. The summed E-state index contributed by atoms with van der Waals surface area (Å²) in [4.78, 5) is 24.6. The van der Waals surface area contributed by atoms with E-state index in [0.29, 0.717) is 0 Å². The highest BCUT2D eigenvalue weighted by Gasteiger charge is 2.47. The van der Waals surface area contributed by atoms with Crippen LogP contribution in [0, 0.1) is 16.7 Å². The van der Waals surface area contributed by atoms with Crippen molar-refractivity contribution >= 4 is 12.0 Å². The molecule has 1 saturated heterocycles. The first-order chi connectivity index (χ1) is 8.82. The Hall–Kier alpha value is -1.81. The van der Waals surface area contributed by atoms with E-state index in [2.05, 4.69) is 5.32 Å². The Kier molecular flexibility index (Phi) is 4.72. The summed E-state index contributed by atoms with van der Waals surface area (Å²) >= 11 is 0. The van der Waals surface area contributed by atoms with Crippen molar-refractivity contribution in [3.05, 3.63) is 0 Å². The molecule has 0 bridgehead atoms. The Morgan fingerprint density at radius 3 is 2.84 bits per heavy atom. The smallest absolute Gasteiger partial charge is 0.317 e. The molecule has 1 fully saturated rings. The van der Waals surface area contributed by atoms with E-state index in [9.17, 15) is 14.7 Å². The third kappa shape index (κ3) is 3.15. The lowest BCUT2D eigenvalue weighted by Crippen LogP contribution is -2.54. The Balaban J connectivity index is 2.67. The van der Waals surface area contributed by atoms with Crippen LogP contribution in [0.5, 0.6) is 0 Å². The van der Waals surface area contributed by atoms with Crippen LogP contribution >= 0.6 is 0 Å². The van der Waals surface area contributed by atoms with Gasteiger partial charge in [-0.05, 0) is 13.8 Å². The van der Waals surface area contributed by atoms with Crippen LogP contribution in [0.3, 0.4) is 0 Å². The summed E-state index contributed by atoms with van der Waals surface area (Å²) in [5.74, 6) is -0.997. The summed E-state index contributed by atoms with van der Waals surface area (Å²) in [6, 6.07) is 0.786. The predicted molar refractivity (Wildman–Crippen MR) is 66.3 cm³/mol. The molecule has 1 aliphatic heterocycles. The molecule has 0 aromatic heterocycles.